The second-order valence-corrected chi connectivity index (χ2v) is 9.07. The van der Waals surface area contributed by atoms with Crippen molar-refractivity contribution in [2.75, 3.05) is 18.4 Å². The van der Waals surface area contributed by atoms with Crippen LogP contribution in [0.3, 0.4) is 0 Å². The van der Waals surface area contributed by atoms with Gasteiger partial charge in [-0.05, 0) is 53.3 Å². The molecule has 32 heavy (non-hydrogen) atoms. The topological polar surface area (TPSA) is 71.0 Å². The number of anilines is 1. The third-order valence-corrected chi connectivity index (χ3v) is 7.07. The van der Waals surface area contributed by atoms with Crippen LogP contribution in [0.5, 0.6) is 0 Å². The number of aromatic nitrogens is 3. The third-order valence-electron chi connectivity index (χ3n) is 6.24. The highest BCUT2D eigenvalue weighted by Crippen LogP contribution is 2.38. The Morgan fingerprint density at radius 2 is 1.94 bits per heavy atom. The molecule has 0 unspecified atom stereocenters. The summed E-state index contributed by atoms with van der Waals surface area (Å²) in [5.74, 6) is 0.0231. The third kappa shape index (κ3) is 3.35. The van der Waals surface area contributed by atoms with Crippen molar-refractivity contribution in [3.63, 3.8) is 0 Å². The summed E-state index contributed by atoms with van der Waals surface area (Å²) in [6.45, 7) is 1.97. The van der Waals surface area contributed by atoms with Gasteiger partial charge in [-0.25, -0.2) is 4.98 Å². The lowest BCUT2D eigenvalue weighted by Gasteiger charge is -2.28. The summed E-state index contributed by atoms with van der Waals surface area (Å²) in [5, 5.41) is 3.41. The number of thiazole rings is 1. The van der Waals surface area contributed by atoms with Gasteiger partial charge in [-0.1, -0.05) is 24.3 Å². The van der Waals surface area contributed by atoms with E-state index >= 15 is 0 Å². The highest BCUT2D eigenvalue weighted by molar-refractivity contribution is 7.09. The molecule has 1 amide bonds. The van der Waals surface area contributed by atoms with Crippen LogP contribution in [0.1, 0.15) is 32.9 Å². The normalized spacial score (nSPS) is 15.1. The molecule has 0 radical (unpaired) electrons. The van der Waals surface area contributed by atoms with Crippen LogP contribution in [0.2, 0.25) is 0 Å². The quantitative estimate of drug-likeness (QED) is 0.505. The highest BCUT2D eigenvalue weighted by atomic mass is 32.1. The molecule has 0 atom stereocenters. The first-order valence-corrected chi connectivity index (χ1v) is 11.6. The summed E-state index contributed by atoms with van der Waals surface area (Å²) in [5.41, 5.74) is 10.5. The molecule has 3 heterocycles. The number of benzene rings is 2. The van der Waals surface area contributed by atoms with E-state index in [1.54, 1.807) is 17.9 Å². The molecule has 6 rings (SSSR count). The van der Waals surface area contributed by atoms with E-state index in [9.17, 15) is 4.79 Å². The Balaban J connectivity index is 1.17. The van der Waals surface area contributed by atoms with Gasteiger partial charge in [0.15, 0.2) is 0 Å². The summed E-state index contributed by atoms with van der Waals surface area (Å²) in [6.07, 6.45) is 5.24. The smallest absolute Gasteiger partial charge is 0.273 e. The fraction of sp³-hybridized carbons (Fsp3) is 0.200. The van der Waals surface area contributed by atoms with Gasteiger partial charge in [0.2, 0.25) is 0 Å². The first kappa shape index (κ1) is 19.1. The van der Waals surface area contributed by atoms with E-state index in [-0.39, 0.29) is 5.91 Å². The maximum Gasteiger partial charge on any atom is 0.273 e. The van der Waals surface area contributed by atoms with Gasteiger partial charge in [0.1, 0.15) is 5.69 Å². The number of hydrogen-bond donors (Lipinski definition) is 1. The van der Waals surface area contributed by atoms with Crippen molar-refractivity contribution < 1.29 is 4.79 Å². The van der Waals surface area contributed by atoms with Crippen LogP contribution in [0.25, 0.3) is 16.6 Å². The average Bonchev–Trinajstić information content (AvgIpc) is 3.46. The zero-order valence-electron chi connectivity index (χ0n) is 17.4. The van der Waals surface area contributed by atoms with E-state index in [4.69, 9.17) is 0 Å². The van der Waals surface area contributed by atoms with Gasteiger partial charge >= 0.3 is 0 Å². The molecule has 0 saturated heterocycles. The molecule has 2 aromatic heterocycles. The largest absolute Gasteiger partial charge is 0.380 e. The zero-order chi connectivity index (χ0) is 21.5. The lowest BCUT2D eigenvalue weighted by Crippen LogP contribution is -2.37. The summed E-state index contributed by atoms with van der Waals surface area (Å²) < 4.78 is 0. The number of nitrogens with one attached hydrogen (secondary N) is 1. The van der Waals surface area contributed by atoms with E-state index in [1.807, 2.05) is 23.1 Å². The predicted octanol–water partition coefficient (Wildman–Crippen LogP) is 4.55. The van der Waals surface area contributed by atoms with Crippen LogP contribution < -0.4 is 5.32 Å². The lowest BCUT2D eigenvalue weighted by molar-refractivity contribution is 0.0761. The van der Waals surface area contributed by atoms with Crippen molar-refractivity contribution in [1.82, 2.24) is 19.9 Å². The van der Waals surface area contributed by atoms with E-state index in [1.165, 1.54) is 33.6 Å². The molecule has 158 valence electrons. The lowest BCUT2D eigenvalue weighted by atomic mass is 9.99. The van der Waals surface area contributed by atoms with Gasteiger partial charge in [0.25, 0.3) is 5.91 Å². The maximum atomic E-state index is 13.3. The van der Waals surface area contributed by atoms with Crippen molar-refractivity contribution in [3.05, 3.63) is 87.6 Å². The molecular formula is C25H21N5OS. The van der Waals surface area contributed by atoms with Gasteiger partial charge < -0.3 is 10.2 Å². The second-order valence-electron chi connectivity index (χ2n) is 8.13. The Morgan fingerprint density at radius 1 is 1.06 bits per heavy atom. The Labute approximate surface area is 189 Å². The van der Waals surface area contributed by atoms with Gasteiger partial charge in [-0.3, -0.25) is 14.8 Å². The van der Waals surface area contributed by atoms with Crippen LogP contribution in [-0.2, 0) is 13.0 Å². The summed E-state index contributed by atoms with van der Waals surface area (Å²) >= 11 is 1.51. The number of carbonyl (C=O) groups is 1. The molecule has 0 spiro atoms. The maximum absolute atomic E-state index is 13.3. The van der Waals surface area contributed by atoms with Gasteiger partial charge in [-0.15, -0.1) is 11.3 Å². The van der Waals surface area contributed by atoms with Gasteiger partial charge in [0, 0.05) is 31.2 Å². The molecule has 6 nitrogen and oxygen atoms in total. The number of fused-ring (bicyclic) bond motifs is 3. The summed E-state index contributed by atoms with van der Waals surface area (Å²) in [7, 11) is 0. The van der Waals surface area contributed by atoms with E-state index in [0.29, 0.717) is 18.8 Å². The molecule has 0 bridgehead atoms. The second kappa shape index (κ2) is 7.84. The van der Waals surface area contributed by atoms with Crippen LogP contribution in [0.15, 0.2) is 65.9 Å². The van der Waals surface area contributed by atoms with Crippen LogP contribution in [0, 0.1) is 0 Å². The SMILES string of the molecule is O=C(c1ncsc1CNc1ccc2nccnc2c1)N1CCC2=C(Cc3ccccc32)C1. The van der Waals surface area contributed by atoms with Crippen molar-refractivity contribution >= 4 is 39.5 Å². The van der Waals surface area contributed by atoms with Crippen molar-refractivity contribution in [3.8, 4) is 0 Å². The standard InChI is InChI=1S/C25H21N5OS/c31-25(30-10-7-20-17(14-30)11-16-3-1-2-4-19(16)20)24-23(32-15-29-24)13-28-18-5-6-21-22(12-18)27-9-8-26-21/h1-6,8-9,12,15,28H,7,10-11,13-14H2. The first-order valence-electron chi connectivity index (χ1n) is 10.7. The molecule has 0 saturated carbocycles. The van der Waals surface area contributed by atoms with Crippen LogP contribution in [-0.4, -0.2) is 38.8 Å². The molecule has 1 N–H and O–H groups in total. The summed E-state index contributed by atoms with van der Waals surface area (Å²) in [6, 6.07) is 14.5. The summed E-state index contributed by atoms with van der Waals surface area (Å²) in [4.78, 5) is 29.3. The van der Waals surface area contributed by atoms with Crippen molar-refractivity contribution in [2.24, 2.45) is 0 Å². The van der Waals surface area contributed by atoms with Crippen LogP contribution >= 0.6 is 11.3 Å². The molecule has 1 aliphatic carbocycles. The molecule has 2 aromatic carbocycles. The van der Waals surface area contributed by atoms with E-state index in [0.717, 1.165) is 41.0 Å². The molecule has 7 heteroatoms. The average molecular weight is 440 g/mol. The molecule has 4 aromatic rings. The van der Waals surface area contributed by atoms with Crippen molar-refractivity contribution in [1.29, 1.82) is 0 Å². The predicted molar refractivity (Wildman–Crippen MR) is 127 cm³/mol. The molecule has 0 fully saturated rings. The number of hydrogen-bond acceptors (Lipinski definition) is 6. The molecular weight excluding hydrogens is 418 g/mol. The fourth-order valence-corrected chi connectivity index (χ4v) is 5.36. The first-order chi connectivity index (χ1) is 15.8. The van der Waals surface area contributed by atoms with Crippen molar-refractivity contribution in [2.45, 2.75) is 19.4 Å². The Bertz CT molecular complexity index is 1380. The Hall–Kier alpha value is -3.58. The van der Waals surface area contributed by atoms with E-state index in [2.05, 4.69) is 44.5 Å². The Morgan fingerprint density at radius 3 is 2.88 bits per heavy atom. The molecule has 2 aliphatic rings. The zero-order valence-corrected chi connectivity index (χ0v) is 18.2. The fourth-order valence-electron chi connectivity index (χ4n) is 4.66. The van der Waals surface area contributed by atoms with E-state index < -0.39 is 0 Å². The van der Waals surface area contributed by atoms with Gasteiger partial charge in [-0.2, -0.15) is 0 Å². The number of carbonyl (C=O) groups excluding carboxylic acids is 1. The number of rotatable bonds is 4. The number of nitrogens with zero attached hydrogens (tertiary/aromatic N) is 4. The minimum Gasteiger partial charge on any atom is -0.380 e. The minimum absolute atomic E-state index is 0.0231. The van der Waals surface area contributed by atoms with Crippen LogP contribution in [0.4, 0.5) is 5.69 Å². The minimum atomic E-state index is 0.0231. The highest BCUT2D eigenvalue weighted by Gasteiger charge is 2.30. The molecule has 1 aliphatic heterocycles. The van der Waals surface area contributed by atoms with Gasteiger partial charge in [0.05, 0.1) is 28.0 Å². The monoisotopic (exact) mass is 439 g/mol. The number of amides is 1. The Kier molecular flexibility index (Phi) is 4.69.